The molecule has 1 unspecified atom stereocenters. The van der Waals surface area contributed by atoms with E-state index in [0.717, 1.165) is 16.3 Å². The van der Waals surface area contributed by atoms with E-state index in [1.807, 2.05) is 37.3 Å². The van der Waals surface area contributed by atoms with Gasteiger partial charge in [0.05, 0.1) is 0 Å². The minimum atomic E-state index is -1.02. The zero-order chi connectivity index (χ0) is 14.7. The summed E-state index contributed by atoms with van der Waals surface area (Å²) in [5, 5.41) is 13.8. The van der Waals surface area contributed by atoms with Crippen LogP contribution in [0.25, 0.3) is 10.8 Å². The van der Waals surface area contributed by atoms with Crippen molar-refractivity contribution in [2.24, 2.45) is 0 Å². The second kappa shape index (κ2) is 5.74. The molecule has 2 aromatic rings. The molecule has 2 aromatic carbocycles. The first-order valence-corrected chi connectivity index (χ1v) is 6.45. The van der Waals surface area contributed by atoms with Gasteiger partial charge < -0.3 is 10.4 Å². The molecular formula is C16H17NO3. The van der Waals surface area contributed by atoms with Crippen LogP contribution in [0.15, 0.2) is 36.4 Å². The zero-order valence-electron chi connectivity index (χ0n) is 11.5. The monoisotopic (exact) mass is 271 g/mol. The molecule has 0 spiro atoms. The summed E-state index contributed by atoms with van der Waals surface area (Å²) in [6.07, 6.45) is 0.277. The van der Waals surface area contributed by atoms with Gasteiger partial charge in [0.25, 0.3) is 0 Å². The highest BCUT2D eigenvalue weighted by molar-refractivity contribution is 5.85. The van der Waals surface area contributed by atoms with Crippen LogP contribution < -0.4 is 5.32 Å². The van der Waals surface area contributed by atoms with E-state index in [2.05, 4.69) is 11.4 Å². The first kappa shape index (κ1) is 14.1. The van der Waals surface area contributed by atoms with E-state index in [0.29, 0.717) is 0 Å². The number of benzene rings is 2. The highest BCUT2D eigenvalue weighted by Crippen LogP contribution is 2.18. The molecule has 4 nitrogen and oxygen atoms in total. The third kappa shape index (κ3) is 3.35. The topological polar surface area (TPSA) is 66.4 Å². The van der Waals surface area contributed by atoms with E-state index in [1.165, 1.54) is 12.5 Å². The molecule has 20 heavy (non-hydrogen) atoms. The van der Waals surface area contributed by atoms with Crippen molar-refractivity contribution in [2.75, 3.05) is 0 Å². The molecule has 0 saturated heterocycles. The Bertz CT molecular complexity index is 664. The molecule has 0 aliphatic heterocycles. The molecule has 0 aliphatic rings. The summed E-state index contributed by atoms with van der Waals surface area (Å²) >= 11 is 0. The van der Waals surface area contributed by atoms with E-state index in [1.54, 1.807) is 0 Å². The number of carbonyl (C=O) groups excluding carboxylic acids is 1. The number of hydrogen-bond donors (Lipinski definition) is 2. The Labute approximate surface area is 117 Å². The third-order valence-electron chi connectivity index (χ3n) is 3.18. The van der Waals surface area contributed by atoms with Crippen molar-refractivity contribution in [2.45, 2.75) is 26.3 Å². The van der Waals surface area contributed by atoms with Gasteiger partial charge in [-0.25, -0.2) is 4.79 Å². The van der Waals surface area contributed by atoms with Crippen LogP contribution in [0, 0.1) is 6.92 Å². The summed E-state index contributed by atoms with van der Waals surface area (Å²) < 4.78 is 0. The molecule has 2 N–H and O–H groups in total. The number of carboxylic acids is 1. The molecule has 0 saturated carbocycles. The van der Waals surface area contributed by atoms with Crippen molar-refractivity contribution in [1.82, 2.24) is 5.32 Å². The highest BCUT2D eigenvalue weighted by atomic mass is 16.4. The van der Waals surface area contributed by atoms with E-state index in [-0.39, 0.29) is 12.3 Å². The number of aliphatic carboxylic acids is 1. The maximum atomic E-state index is 11.1. The SMILES string of the molecule is CC(=O)NC(Cc1ccc2cc(C)ccc2c1)C(=O)O. The number of carboxylic acid groups (broad SMARTS) is 1. The maximum Gasteiger partial charge on any atom is 0.326 e. The van der Waals surface area contributed by atoms with Gasteiger partial charge in [-0.1, -0.05) is 42.0 Å². The van der Waals surface area contributed by atoms with Crippen molar-refractivity contribution >= 4 is 22.6 Å². The standard InChI is InChI=1S/C16H17NO3/c1-10-3-5-14-8-12(4-6-13(14)7-10)9-15(16(19)20)17-11(2)18/h3-8,15H,9H2,1-2H3,(H,17,18)(H,19,20). The summed E-state index contributed by atoms with van der Waals surface area (Å²) in [4.78, 5) is 22.2. The van der Waals surface area contributed by atoms with Gasteiger partial charge in [0, 0.05) is 13.3 Å². The van der Waals surface area contributed by atoms with Gasteiger partial charge in [0.2, 0.25) is 5.91 Å². The second-order valence-electron chi connectivity index (χ2n) is 4.98. The average molecular weight is 271 g/mol. The van der Waals surface area contributed by atoms with Gasteiger partial charge in [-0.2, -0.15) is 0 Å². The molecule has 1 amide bonds. The largest absolute Gasteiger partial charge is 0.480 e. The molecule has 0 aromatic heterocycles. The Balaban J connectivity index is 2.26. The van der Waals surface area contributed by atoms with Crippen molar-refractivity contribution in [1.29, 1.82) is 0 Å². The molecule has 0 bridgehead atoms. The van der Waals surface area contributed by atoms with Crippen LogP contribution in [-0.2, 0) is 16.0 Å². The predicted octanol–water partition coefficient (Wildman–Crippen LogP) is 2.28. The number of carbonyl (C=O) groups is 2. The lowest BCUT2D eigenvalue weighted by molar-refractivity contribution is -0.141. The molecular weight excluding hydrogens is 254 g/mol. The van der Waals surface area contributed by atoms with Crippen molar-refractivity contribution in [3.8, 4) is 0 Å². The molecule has 0 radical (unpaired) electrons. The van der Waals surface area contributed by atoms with Crippen LogP contribution in [0.2, 0.25) is 0 Å². The van der Waals surface area contributed by atoms with Crippen LogP contribution >= 0.6 is 0 Å². The molecule has 4 heteroatoms. The minimum absolute atomic E-state index is 0.277. The van der Waals surface area contributed by atoms with Crippen LogP contribution in [0.5, 0.6) is 0 Å². The molecule has 2 rings (SSSR count). The first-order valence-electron chi connectivity index (χ1n) is 6.45. The fourth-order valence-electron chi connectivity index (χ4n) is 2.22. The fraction of sp³-hybridized carbons (Fsp3) is 0.250. The summed E-state index contributed by atoms with van der Waals surface area (Å²) in [7, 11) is 0. The van der Waals surface area contributed by atoms with E-state index in [4.69, 9.17) is 5.11 Å². The van der Waals surface area contributed by atoms with Crippen molar-refractivity contribution in [3.63, 3.8) is 0 Å². The summed E-state index contributed by atoms with van der Waals surface area (Å²) in [6.45, 7) is 3.35. The van der Waals surface area contributed by atoms with Crippen LogP contribution in [0.4, 0.5) is 0 Å². The van der Waals surface area contributed by atoms with Gasteiger partial charge in [-0.05, 0) is 23.3 Å². The first-order chi connectivity index (χ1) is 9.45. The molecule has 0 fully saturated rings. The predicted molar refractivity (Wildman–Crippen MR) is 77.6 cm³/mol. The lowest BCUT2D eigenvalue weighted by Gasteiger charge is -2.13. The number of fused-ring (bicyclic) bond motifs is 1. The van der Waals surface area contributed by atoms with Gasteiger partial charge >= 0.3 is 5.97 Å². The van der Waals surface area contributed by atoms with E-state index >= 15 is 0 Å². The Morgan fingerprint density at radius 1 is 1.15 bits per heavy atom. The summed E-state index contributed by atoms with van der Waals surface area (Å²) in [6, 6.07) is 11.1. The lowest BCUT2D eigenvalue weighted by Crippen LogP contribution is -2.41. The third-order valence-corrected chi connectivity index (χ3v) is 3.18. The summed E-state index contributed by atoms with van der Waals surface area (Å²) in [5.41, 5.74) is 2.08. The van der Waals surface area contributed by atoms with Gasteiger partial charge in [0.1, 0.15) is 6.04 Å². The Morgan fingerprint density at radius 2 is 1.80 bits per heavy atom. The number of rotatable bonds is 4. The fourth-order valence-corrected chi connectivity index (χ4v) is 2.22. The summed E-state index contributed by atoms with van der Waals surface area (Å²) in [5.74, 6) is -1.36. The lowest BCUT2D eigenvalue weighted by atomic mass is 10.0. The quantitative estimate of drug-likeness (QED) is 0.896. The maximum absolute atomic E-state index is 11.1. The molecule has 104 valence electrons. The minimum Gasteiger partial charge on any atom is -0.480 e. The molecule has 0 heterocycles. The number of amides is 1. The number of hydrogen-bond acceptors (Lipinski definition) is 2. The molecule has 0 aliphatic carbocycles. The Kier molecular flexibility index (Phi) is 4.03. The van der Waals surface area contributed by atoms with Crippen LogP contribution in [-0.4, -0.2) is 23.0 Å². The Hall–Kier alpha value is -2.36. The average Bonchev–Trinajstić information content (AvgIpc) is 2.37. The van der Waals surface area contributed by atoms with E-state index < -0.39 is 12.0 Å². The van der Waals surface area contributed by atoms with Gasteiger partial charge in [0.15, 0.2) is 0 Å². The smallest absolute Gasteiger partial charge is 0.326 e. The highest BCUT2D eigenvalue weighted by Gasteiger charge is 2.18. The van der Waals surface area contributed by atoms with Crippen molar-refractivity contribution in [3.05, 3.63) is 47.5 Å². The van der Waals surface area contributed by atoms with Crippen LogP contribution in [0.1, 0.15) is 18.1 Å². The Morgan fingerprint density at radius 3 is 2.45 bits per heavy atom. The van der Waals surface area contributed by atoms with Gasteiger partial charge in [-0.15, -0.1) is 0 Å². The van der Waals surface area contributed by atoms with Gasteiger partial charge in [-0.3, -0.25) is 4.79 Å². The van der Waals surface area contributed by atoms with Crippen molar-refractivity contribution < 1.29 is 14.7 Å². The van der Waals surface area contributed by atoms with Crippen LogP contribution in [0.3, 0.4) is 0 Å². The normalized spacial score (nSPS) is 12.1. The second-order valence-corrected chi connectivity index (χ2v) is 4.98. The number of aryl methyl sites for hydroxylation is 1. The number of nitrogens with one attached hydrogen (secondary N) is 1. The van der Waals surface area contributed by atoms with E-state index in [9.17, 15) is 9.59 Å². The molecule has 1 atom stereocenters. The zero-order valence-corrected chi connectivity index (χ0v) is 11.5.